The molecule has 0 saturated heterocycles. The first-order chi connectivity index (χ1) is 39.5. The average molecular weight is 1020 g/mol. The summed E-state index contributed by atoms with van der Waals surface area (Å²) in [7, 11) is 4.18. The van der Waals surface area contributed by atoms with Gasteiger partial charge in [0.1, 0.15) is 11.6 Å². The van der Waals surface area contributed by atoms with E-state index >= 15 is 0 Å². The molecule has 5 heteroatoms. The lowest BCUT2D eigenvalue weighted by atomic mass is 9.86. The van der Waals surface area contributed by atoms with Crippen LogP contribution in [0.4, 0.5) is 0 Å². The summed E-state index contributed by atoms with van der Waals surface area (Å²) in [5.41, 5.74) is 26.8. The van der Waals surface area contributed by atoms with Gasteiger partial charge in [0, 0.05) is 37.0 Å². The Labute approximate surface area is 466 Å². The van der Waals surface area contributed by atoms with Crippen molar-refractivity contribution in [1.82, 2.24) is 24.1 Å². The zero-order valence-corrected chi connectivity index (χ0v) is 44.4. The van der Waals surface area contributed by atoms with Crippen LogP contribution in [0, 0.1) is 0 Å². The molecule has 0 unspecified atom stereocenters. The average Bonchev–Trinajstić information content (AvgIpc) is 4.14. The fourth-order valence-corrected chi connectivity index (χ4v) is 11.5. The van der Waals surface area contributed by atoms with Crippen LogP contribution in [0.15, 0.2) is 285 Å². The molecule has 0 saturated carbocycles. The summed E-state index contributed by atoms with van der Waals surface area (Å²) in [6, 6.07) is 100. The second kappa shape index (κ2) is 20.5. The Bertz CT molecular complexity index is 4380. The van der Waals surface area contributed by atoms with Gasteiger partial charge in [0.15, 0.2) is 0 Å². The van der Waals surface area contributed by atoms with Crippen LogP contribution in [0.25, 0.3) is 145 Å². The molecule has 0 aliphatic heterocycles. The molecule has 3 heterocycles. The predicted octanol–water partition coefficient (Wildman–Crippen LogP) is 19.2. The number of nitrogens with zero attached hydrogens (tertiary/aromatic N) is 5. The standard InChI is InChI=1S/C75H53N5/c1-79-72-26-14-12-24-69(72)77-74(79)57-40-34-54(35-41-57)64-19-7-10-22-67(64)61-46-60(47-62(48-61)68-23-11-8-20-65(68)55-36-42-58(43-37-55)75-78-70-25-13-15-27-73(70)80(75)2)66-21-9-6-18-63(66)53-32-38-56(39-33-53)71-49-59(44-45-76-71)52-30-28-51(29-31-52)50-16-4-3-5-17-50/h3-49H,1-2H3. The van der Waals surface area contributed by atoms with E-state index in [2.05, 4.69) is 290 Å². The van der Waals surface area contributed by atoms with Gasteiger partial charge in [-0.3, -0.25) is 4.98 Å². The van der Waals surface area contributed by atoms with Gasteiger partial charge in [0.05, 0.1) is 27.8 Å². The topological polar surface area (TPSA) is 48.5 Å². The van der Waals surface area contributed by atoms with E-state index in [0.717, 1.165) is 134 Å². The van der Waals surface area contributed by atoms with Crippen molar-refractivity contribution in [2.75, 3.05) is 0 Å². The minimum atomic E-state index is 0.934. The lowest BCUT2D eigenvalue weighted by Gasteiger charge is -2.18. The summed E-state index contributed by atoms with van der Waals surface area (Å²) in [4.78, 5) is 14.9. The summed E-state index contributed by atoms with van der Waals surface area (Å²) in [5, 5.41) is 0. The van der Waals surface area contributed by atoms with E-state index in [-0.39, 0.29) is 0 Å². The molecule has 0 fully saturated rings. The normalized spacial score (nSPS) is 11.4. The lowest BCUT2D eigenvalue weighted by molar-refractivity contribution is 0.959. The number of hydrogen-bond acceptors (Lipinski definition) is 3. The van der Waals surface area contributed by atoms with E-state index in [4.69, 9.17) is 15.0 Å². The molecule has 0 atom stereocenters. The summed E-state index contributed by atoms with van der Waals surface area (Å²) in [6.45, 7) is 0. The van der Waals surface area contributed by atoms with Crippen LogP contribution in [-0.2, 0) is 14.1 Å². The zero-order valence-electron chi connectivity index (χ0n) is 44.4. The zero-order chi connectivity index (χ0) is 53.5. The maximum atomic E-state index is 5.01. The van der Waals surface area contributed by atoms with Crippen molar-refractivity contribution in [2.24, 2.45) is 14.1 Å². The van der Waals surface area contributed by atoms with Crippen molar-refractivity contribution < 1.29 is 0 Å². The fourth-order valence-electron chi connectivity index (χ4n) is 11.5. The van der Waals surface area contributed by atoms with Crippen LogP contribution in [0.5, 0.6) is 0 Å². The van der Waals surface area contributed by atoms with Crippen LogP contribution in [-0.4, -0.2) is 24.1 Å². The SMILES string of the molecule is Cn1c(-c2ccc(-c3ccccc3-c3cc(-c4ccccc4-c4ccc(-c5cc(-c6ccc(-c7ccccc7)cc6)ccn5)cc4)cc(-c4ccccc4-c4ccc(-c5nc6ccccc6n5C)cc4)c3)cc2)nc2ccccc21. The highest BCUT2D eigenvalue weighted by molar-refractivity contribution is 5.95. The van der Waals surface area contributed by atoms with Crippen molar-refractivity contribution in [1.29, 1.82) is 0 Å². The highest BCUT2D eigenvalue weighted by Crippen LogP contribution is 2.43. The van der Waals surface area contributed by atoms with Crippen molar-refractivity contribution in [3.05, 3.63) is 285 Å². The van der Waals surface area contributed by atoms with Gasteiger partial charge in [-0.05, 0) is 144 Å². The smallest absolute Gasteiger partial charge is 0.140 e. The highest BCUT2D eigenvalue weighted by atomic mass is 15.1. The maximum Gasteiger partial charge on any atom is 0.140 e. The number of fused-ring (bicyclic) bond motifs is 2. The second-order valence-electron chi connectivity index (χ2n) is 20.5. The molecule has 14 rings (SSSR count). The van der Waals surface area contributed by atoms with Crippen LogP contribution >= 0.6 is 0 Å². The van der Waals surface area contributed by atoms with Gasteiger partial charge in [-0.25, -0.2) is 9.97 Å². The number of hydrogen-bond donors (Lipinski definition) is 0. The molecule has 378 valence electrons. The fraction of sp³-hybridized carbons (Fsp3) is 0.0267. The third kappa shape index (κ3) is 8.97. The van der Waals surface area contributed by atoms with E-state index in [1.807, 2.05) is 18.3 Å². The summed E-state index contributed by atoms with van der Waals surface area (Å²) < 4.78 is 4.35. The highest BCUT2D eigenvalue weighted by Gasteiger charge is 2.18. The van der Waals surface area contributed by atoms with E-state index in [0.29, 0.717) is 0 Å². The van der Waals surface area contributed by atoms with Crippen molar-refractivity contribution in [2.45, 2.75) is 0 Å². The van der Waals surface area contributed by atoms with Gasteiger partial charge in [-0.15, -0.1) is 0 Å². The molecule has 0 N–H and O–H groups in total. The van der Waals surface area contributed by atoms with Gasteiger partial charge in [-0.2, -0.15) is 0 Å². The number of aromatic nitrogens is 5. The first kappa shape index (κ1) is 47.9. The second-order valence-corrected chi connectivity index (χ2v) is 20.5. The monoisotopic (exact) mass is 1020 g/mol. The first-order valence-corrected chi connectivity index (χ1v) is 27.2. The van der Waals surface area contributed by atoms with E-state index in [1.165, 1.54) is 11.1 Å². The third-order valence-corrected chi connectivity index (χ3v) is 15.7. The lowest BCUT2D eigenvalue weighted by Crippen LogP contribution is -1.94. The maximum absolute atomic E-state index is 5.01. The Balaban J connectivity index is 0.850. The van der Waals surface area contributed by atoms with E-state index in [1.54, 1.807) is 0 Å². The van der Waals surface area contributed by atoms with E-state index in [9.17, 15) is 0 Å². The van der Waals surface area contributed by atoms with E-state index < -0.39 is 0 Å². The molecule has 80 heavy (non-hydrogen) atoms. The van der Waals surface area contributed by atoms with Crippen molar-refractivity contribution in [3.8, 4) is 123 Å². The number of imidazole rings is 2. The van der Waals surface area contributed by atoms with Crippen molar-refractivity contribution >= 4 is 22.1 Å². The molecular formula is C75H53N5. The Kier molecular flexibility index (Phi) is 12.3. The van der Waals surface area contributed by atoms with Gasteiger partial charge in [0.2, 0.25) is 0 Å². The van der Waals surface area contributed by atoms with Crippen LogP contribution in [0.3, 0.4) is 0 Å². The molecule has 3 aromatic heterocycles. The molecule has 0 amide bonds. The summed E-state index contributed by atoms with van der Waals surface area (Å²) in [6.07, 6.45) is 1.91. The van der Waals surface area contributed by atoms with Gasteiger partial charge in [-0.1, -0.05) is 224 Å². The number of benzene rings is 11. The Morgan fingerprint density at radius 3 is 0.963 bits per heavy atom. The molecule has 5 nitrogen and oxygen atoms in total. The number of para-hydroxylation sites is 4. The molecule has 11 aromatic carbocycles. The first-order valence-electron chi connectivity index (χ1n) is 27.2. The molecule has 0 radical (unpaired) electrons. The van der Waals surface area contributed by atoms with Crippen LogP contribution in [0.2, 0.25) is 0 Å². The quantitative estimate of drug-likeness (QED) is 0.130. The third-order valence-electron chi connectivity index (χ3n) is 15.7. The summed E-state index contributed by atoms with van der Waals surface area (Å²) >= 11 is 0. The number of aryl methyl sites for hydroxylation is 2. The van der Waals surface area contributed by atoms with Crippen LogP contribution in [0.1, 0.15) is 0 Å². The number of pyridine rings is 1. The molecule has 0 aliphatic carbocycles. The molecular weight excluding hydrogens is 971 g/mol. The van der Waals surface area contributed by atoms with Gasteiger partial charge < -0.3 is 9.13 Å². The Morgan fingerprint density at radius 2 is 0.550 bits per heavy atom. The molecule has 0 bridgehead atoms. The largest absolute Gasteiger partial charge is 0.327 e. The van der Waals surface area contributed by atoms with Gasteiger partial charge in [0.25, 0.3) is 0 Å². The Morgan fingerprint density at radius 1 is 0.237 bits per heavy atom. The number of rotatable bonds is 11. The van der Waals surface area contributed by atoms with Gasteiger partial charge >= 0.3 is 0 Å². The molecule has 0 spiro atoms. The minimum absolute atomic E-state index is 0.934. The van der Waals surface area contributed by atoms with Crippen molar-refractivity contribution in [3.63, 3.8) is 0 Å². The summed E-state index contributed by atoms with van der Waals surface area (Å²) in [5.74, 6) is 1.89. The molecule has 14 aromatic rings. The predicted molar refractivity (Wildman–Crippen MR) is 333 cm³/mol. The molecule has 0 aliphatic rings. The minimum Gasteiger partial charge on any atom is -0.327 e. The van der Waals surface area contributed by atoms with Crippen LogP contribution < -0.4 is 0 Å². The Hall–Kier alpha value is -10.5.